The molecule has 0 heterocycles. The van der Waals surface area contributed by atoms with Gasteiger partial charge < -0.3 is 19.9 Å². The van der Waals surface area contributed by atoms with Gasteiger partial charge in [0.1, 0.15) is 18.8 Å². The number of nitrogens with one attached hydrogen (secondary N) is 1. The number of ether oxygens (including phenoxy) is 2. The van der Waals surface area contributed by atoms with E-state index in [4.69, 9.17) is 9.47 Å². The minimum Gasteiger partial charge on any atom is -0.479 e. The quantitative estimate of drug-likeness (QED) is 0.539. The summed E-state index contributed by atoms with van der Waals surface area (Å²) in [4.78, 5) is 35.3. The molecule has 2 rings (SSSR count). The summed E-state index contributed by atoms with van der Waals surface area (Å²) >= 11 is 0. The summed E-state index contributed by atoms with van der Waals surface area (Å²) in [5, 5.41) is 12.0. The van der Waals surface area contributed by atoms with Gasteiger partial charge in [-0.2, -0.15) is 0 Å². The Balaban J connectivity index is 2.07. The van der Waals surface area contributed by atoms with E-state index in [2.05, 4.69) is 18.5 Å². The number of aliphatic carboxylic acids is 1. The molecule has 0 radical (unpaired) electrons. The zero-order valence-corrected chi connectivity index (χ0v) is 12.1. The second-order valence-corrected chi connectivity index (χ2v) is 5.46. The van der Waals surface area contributed by atoms with Crippen LogP contribution in [0, 0.1) is 17.8 Å². The van der Waals surface area contributed by atoms with Crippen molar-refractivity contribution in [2.75, 3.05) is 13.2 Å². The van der Waals surface area contributed by atoms with Crippen LogP contribution in [0.1, 0.15) is 12.8 Å². The molecule has 1 amide bonds. The molecule has 0 saturated heterocycles. The van der Waals surface area contributed by atoms with E-state index in [1.807, 2.05) is 0 Å². The van der Waals surface area contributed by atoms with Gasteiger partial charge >= 0.3 is 18.0 Å². The molecule has 4 unspecified atom stereocenters. The van der Waals surface area contributed by atoms with Crippen molar-refractivity contribution in [2.45, 2.75) is 18.4 Å². The van der Waals surface area contributed by atoms with Gasteiger partial charge in [-0.25, -0.2) is 9.59 Å². The van der Waals surface area contributed by atoms with Gasteiger partial charge in [-0.3, -0.25) is 4.79 Å². The lowest BCUT2D eigenvalue weighted by Gasteiger charge is -2.28. The molecule has 7 nitrogen and oxygen atoms in total. The molecule has 120 valence electrons. The molecule has 2 aliphatic rings. The van der Waals surface area contributed by atoms with Gasteiger partial charge in [-0.15, -0.1) is 0 Å². The predicted molar refractivity (Wildman–Crippen MR) is 75.9 cm³/mol. The summed E-state index contributed by atoms with van der Waals surface area (Å²) in [6, 6.07) is 0. The predicted octanol–water partition coefficient (Wildman–Crippen LogP) is 1.11. The van der Waals surface area contributed by atoms with Crippen molar-refractivity contribution in [1.82, 2.24) is 5.32 Å². The van der Waals surface area contributed by atoms with E-state index in [9.17, 15) is 19.5 Å². The van der Waals surface area contributed by atoms with Crippen molar-refractivity contribution in [3.05, 3.63) is 25.3 Å². The lowest BCUT2D eigenvalue weighted by Crippen LogP contribution is -2.56. The van der Waals surface area contributed by atoms with Gasteiger partial charge in [0.25, 0.3) is 0 Å². The third kappa shape index (κ3) is 2.70. The first-order valence-corrected chi connectivity index (χ1v) is 7.04. The number of amides is 1. The smallest absolute Gasteiger partial charge is 0.408 e. The Bertz CT molecular complexity index is 516. The SMILES string of the molecule is C=CCOC(=O)NC1(C(=O)O)CCC2C(C(=O)OCC=C)C21. The van der Waals surface area contributed by atoms with Crippen molar-refractivity contribution in [3.8, 4) is 0 Å². The molecule has 2 N–H and O–H groups in total. The molecular formula is C15H19NO6. The van der Waals surface area contributed by atoms with Crippen LogP contribution in [0.25, 0.3) is 0 Å². The summed E-state index contributed by atoms with van der Waals surface area (Å²) in [6.45, 7) is 6.94. The Kier molecular flexibility index (Phi) is 4.54. The standard InChI is InChI=1S/C15H19NO6/c1-3-7-21-12(17)10-9-5-6-15(11(9)10,13(18)19)16-14(20)22-8-4-2/h3-4,9-11H,1-2,5-8H2,(H,16,20)(H,18,19). The van der Waals surface area contributed by atoms with Crippen molar-refractivity contribution in [2.24, 2.45) is 17.8 Å². The van der Waals surface area contributed by atoms with Crippen LogP contribution in [0.5, 0.6) is 0 Å². The summed E-state index contributed by atoms with van der Waals surface area (Å²) in [6.07, 6.45) is 2.83. The van der Waals surface area contributed by atoms with Crippen molar-refractivity contribution in [1.29, 1.82) is 0 Å². The van der Waals surface area contributed by atoms with E-state index in [0.717, 1.165) is 0 Å². The monoisotopic (exact) mass is 309 g/mol. The lowest BCUT2D eigenvalue weighted by atomic mass is 9.90. The molecule has 2 saturated carbocycles. The van der Waals surface area contributed by atoms with Crippen LogP contribution in [0.3, 0.4) is 0 Å². The van der Waals surface area contributed by atoms with Crippen LogP contribution in [0.4, 0.5) is 4.79 Å². The average Bonchev–Trinajstić information content (AvgIpc) is 3.11. The normalized spacial score (nSPS) is 31.5. The number of carbonyl (C=O) groups excluding carboxylic acids is 2. The number of esters is 1. The number of carbonyl (C=O) groups is 3. The van der Waals surface area contributed by atoms with E-state index >= 15 is 0 Å². The fraction of sp³-hybridized carbons (Fsp3) is 0.533. The number of rotatable bonds is 7. The number of alkyl carbamates (subject to hydrolysis) is 1. The molecule has 0 bridgehead atoms. The van der Waals surface area contributed by atoms with Crippen molar-refractivity contribution in [3.63, 3.8) is 0 Å². The first-order valence-electron chi connectivity index (χ1n) is 7.04. The highest BCUT2D eigenvalue weighted by atomic mass is 16.5. The highest BCUT2D eigenvalue weighted by Gasteiger charge is 2.72. The Hall–Kier alpha value is -2.31. The number of hydrogen-bond acceptors (Lipinski definition) is 5. The maximum Gasteiger partial charge on any atom is 0.408 e. The highest BCUT2D eigenvalue weighted by molar-refractivity contribution is 5.89. The van der Waals surface area contributed by atoms with Crippen LogP contribution >= 0.6 is 0 Å². The topological polar surface area (TPSA) is 102 Å². The van der Waals surface area contributed by atoms with Crippen molar-refractivity contribution >= 4 is 18.0 Å². The van der Waals surface area contributed by atoms with Gasteiger partial charge in [-0.05, 0) is 18.8 Å². The molecule has 0 spiro atoms. The molecule has 0 aromatic rings. The van der Waals surface area contributed by atoms with Crippen LogP contribution < -0.4 is 5.32 Å². The fourth-order valence-electron chi connectivity index (χ4n) is 3.33. The summed E-state index contributed by atoms with van der Waals surface area (Å²) < 4.78 is 9.78. The second-order valence-electron chi connectivity index (χ2n) is 5.46. The van der Waals surface area contributed by atoms with Gasteiger partial charge in [0, 0.05) is 5.92 Å². The molecule has 7 heteroatoms. The van der Waals surface area contributed by atoms with Gasteiger partial charge in [-0.1, -0.05) is 25.3 Å². The van der Waals surface area contributed by atoms with E-state index in [0.29, 0.717) is 6.42 Å². The highest BCUT2D eigenvalue weighted by Crippen LogP contribution is 2.62. The number of fused-ring (bicyclic) bond motifs is 1. The minimum atomic E-state index is -1.47. The molecule has 0 aliphatic heterocycles. The summed E-state index contributed by atoms with van der Waals surface area (Å²) in [5.74, 6) is -2.63. The van der Waals surface area contributed by atoms with Crippen LogP contribution in [0.2, 0.25) is 0 Å². The van der Waals surface area contributed by atoms with Gasteiger partial charge in [0.15, 0.2) is 0 Å². The third-order valence-corrected chi connectivity index (χ3v) is 4.26. The Morgan fingerprint density at radius 1 is 1.23 bits per heavy atom. The number of hydrogen-bond donors (Lipinski definition) is 2. The molecule has 0 aromatic carbocycles. The number of carboxylic acid groups (broad SMARTS) is 1. The van der Waals surface area contributed by atoms with Crippen LogP contribution in [-0.4, -0.2) is 41.9 Å². The maximum atomic E-state index is 11.9. The Morgan fingerprint density at radius 2 is 1.86 bits per heavy atom. The first kappa shape index (κ1) is 16.1. The number of carboxylic acids is 1. The second kappa shape index (κ2) is 6.21. The maximum absolute atomic E-state index is 11.9. The molecule has 22 heavy (non-hydrogen) atoms. The summed E-state index contributed by atoms with van der Waals surface area (Å²) in [7, 11) is 0. The van der Waals surface area contributed by atoms with Crippen LogP contribution in [-0.2, 0) is 19.1 Å². The van der Waals surface area contributed by atoms with E-state index in [1.54, 1.807) is 0 Å². The lowest BCUT2D eigenvalue weighted by molar-refractivity contribution is -0.148. The fourth-order valence-corrected chi connectivity index (χ4v) is 3.33. The average molecular weight is 309 g/mol. The van der Waals surface area contributed by atoms with E-state index in [-0.39, 0.29) is 25.6 Å². The Labute approximate surface area is 128 Å². The molecule has 2 aliphatic carbocycles. The van der Waals surface area contributed by atoms with E-state index < -0.39 is 35.4 Å². The first-order chi connectivity index (χ1) is 10.5. The molecule has 4 atom stereocenters. The van der Waals surface area contributed by atoms with Crippen LogP contribution in [0.15, 0.2) is 25.3 Å². The zero-order valence-electron chi connectivity index (χ0n) is 12.1. The van der Waals surface area contributed by atoms with Crippen molar-refractivity contribution < 1.29 is 29.0 Å². The zero-order chi connectivity index (χ0) is 16.3. The third-order valence-electron chi connectivity index (χ3n) is 4.26. The summed E-state index contributed by atoms with van der Waals surface area (Å²) in [5.41, 5.74) is -1.47. The van der Waals surface area contributed by atoms with E-state index in [1.165, 1.54) is 12.2 Å². The van der Waals surface area contributed by atoms with Gasteiger partial charge in [0.2, 0.25) is 0 Å². The van der Waals surface area contributed by atoms with Gasteiger partial charge in [0.05, 0.1) is 5.92 Å². The minimum absolute atomic E-state index is 0.0135. The molecular weight excluding hydrogens is 290 g/mol. The molecule has 0 aromatic heterocycles. The Morgan fingerprint density at radius 3 is 2.45 bits per heavy atom. The molecule has 2 fully saturated rings. The largest absolute Gasteiger partial charge is 0.479 e.